The maximum Gasteiger partial charge on any atom is 0.294 e. The Morgan fingerprint density at radius 3 is 2.30 bits per heavy atom. The molecule has 0 aliphatic heterocycles. The molecule has 1 unspecified atom stereocenters. The average molecular weight is 438 g/mol. The van der Waals surface area contributed by atoms with Gasteiger partial charge in [0.05, 0.1) is 17.2 Å². The minimum atomic E-state index is -1.63. The van der Waals surface area contributed by atoms with Crippen LogP contribution in [-0.4, -0.2) is 20.3 Å². The van der Waals surface area contributed by atoms with E-state index in [-0.39, 0.29) is 11.4 Å². The summed E-state index contributed by atoms with van der Waals surface area (Å²) in [6, 6.07) is 22.4. The van der Waals surface area contributed by atoms with Gasteiger partial charge in [0.25, 0.3) is 10.6 Å². The zero-order valence-electron chi connectivity index (χ0n) is 15.6. The van der Waals surface area contributed by atoms with E-state index in [1.165, 1.54) is 0 Å². The molecular formula is C22H16ClN3O3S. The second-order valence-electron chi connectivity index (χ2n) is 6.49. The number of rotatable bonds is 5. The van der Waals surface area contributed by atoms with Crippen molar-refractivity contribution in [1.29, 1.82) is 0 Å². The van der Waals surface area contributed by atoms with Gasteiger partial charge >= 0.3 is 0 Å². The Bertz CT molecular complexity index is 1260. The molecule has 0 radical (unpaired) electrons. The summed E-state index contributed by atoms with van der Waals surface area (Å²) >= 11 is 4.23. The van der Waals surface area contributed by atoms with Crippen LogP contribution in [0.1, 0.15) is 5.56 Å². The summed E-state index contributed by atoms with van der Waals surface area (Å²) in [5, 5.41) is 5.79. The van der Waals surface area contributed by atoms with E-state index >= 15 is 0 Å². The first-order valence-electron chi connectivity index (χ1n) is 9.06. The first kappa shape index (κ1) is 20.2. The number of fused-ring (bicyclic) bond motifs is 1. The number of hydrogen-bond acceptors (Lipinski definition) is 4. The zero-order chi connectivity index (χ0) is 21.1. The largest absolute Gasteiger partial charge is 0.605 e. The molecule has 1 amide bonds. The van der Waals surface area contributed by atoms with E-state index in [9.17, 15) is 14.1 Å². The molecule has 0 bridgehead atoms. The molecule has 1 atom stereocenters. The summed E-state index contributed by atoms with van der Waals surface area (Å²) in [7, 11) is 0. The van der Waals surface area contributed by atoms with E-state index in [4.69, 9.17) is 11.6 Å². The molecule has 6 nitrogen and oxygen atoms in total. The number of halogens is 1. The van der Waals surface area contributed by atoms with Crippen LogP contribution in [0.2, 0.25) is 5.02 Å². The second kappa shape index (κ2) is 8.71. The number of nitrogens with one attached hydrogen (secondary N) is 1. The normalized spacial score (nSPS) is 11.9. The number of benzene rings is 3. The fourth-order valence-electron chi connectivity index (χ4n) is 2.97. The van der Waals surface area contributed by atoms with Crippen LogP contribution in [0.3, 0.4) is 0 Å². The number of amides is 1. The molecule has 1 N–H and O–H groups in total. The second-order valence-corrected chi connectivity index (χ2v) is 8.32. The summed E-state index contributed by atoms with van der Waals surface area (Å²) in [5.74, 6) is -0.432. The summed E-state index contributed by atoms with van der Waals surface area (Å²) in [6.07, 6.45) is 0.0369. The minimum absolute atomic E-state index is 0.0369. The van der Waals surface area contributed by atoms with Crippen LogP contribution >= 0.6 is 11.6 Å². The highest BCUT2D eigenvalue weighted by Crippen LogP contribution is 2.24. The molecule has 0 spiro atoms. The van der Waals surface area contributed by atoms with E-state index in [0.717, 1.165) is 10.4 Å². The van der Waals surface area contributed by atoms with Crippen LogP contribution in [0.4, 0.5) is 0 Å². The standard InChI is InChI=1S/C22H16ClN3O3S/c23-16-12-10-15(11-13-16)14-20(27)24-26-22(28)19-9-5-4-8-18(19)21(25-26)30(29)17-6-2-1-3-7-17/h1-13H,14H2,(H,24,27). The molecule has 8 heteroatoms. The van der Waals surface area contributed by atoms with Gasteiger partial charge in [-0.15, -0.1) is 4.79 Å². The maximum atomic E-state index is 13.1. The third-order valence-corrected chi connectivity index (χ3v) is 6.02. The van der Waals surface area contributed by atoms with Gasteiger partial charge in [0.2, 0.25) is 5.91 Å². The summed E-state index contributed by atoms with van der Waals surface area (Å²) < 4.78 is 13.1. The number of aromatic nitrogens is 2. The average Bonchev–Trinajstić information content (AvgIpc) is 2.77. The number of carbonyl (C=O) groups excluding carboxylic acids is 1. The van der Waals surface area contributed by atoms with Crippen LogP contribution in [0, 0.1) is 0 Å². The highest BCUT2D eigenvalue weighted by Gasteiger charge is 2.23. The maximum absolute atomic E-state index is 13.1. The van der Waals surface area contributed by atoms with E-state index < -0.39 is 22.6 Å². The Kier molecular flexibility index (Phi) is 5.85. The highest BCUT2D eigenvalue weighted by atomic mass is 35.5. The first-order valence-corrected chi connectivity index (χ1v) is 10.6. The Morgan fingerprint density at radius 1 is 0.967 bits per heavy atom. The fraction of sp³-hybridized carbons (Fsp3) is 0.0455. The predicted molar refractivity (Wildman–Crippen MR) is 117 cm³/mol. The molecule has 0 aliphatic carbocycles. The monoisotopic (exact) mass is 437 g/mol. The van der Waals surface area contributed by atoms with Crippen molar-refractivity contribution >= 4 is 39.5 Å². The van der Waals surface area contributed by atoms with Gasteiger partial charge in [0, 0.05) is 16.2 Å². The smallest absolute Gasteiger partial charge is 0.294 e. The molecule has 0 fully saturated rings. The van der Waals surface area contributed by atoms with E-state index in [1.54, 1.807) is 72.8 Å². The third-order valence-electron chi connectivity index (χ3n) is 4.41. The van der Waals surface area contributed by atoms with Gasteiger partial charge in [-0.25, -0.2) is 5.43 Å². The van der Waals surface area contributed by atoms with Crippen molar-refractivity contribution in [3.8, 4) is 0 Å². The van der Waals surface area contributed by atoms with Crippen LogP contribution in [0.5, 0.6) is 0 Å². The molecule has 4 aromatic rings. The van der Waals surface area contributed by atoms with Gasteiger partial charge in [-0.05, 0) is 42.0 Å². The van der Waals surface area contributed by atoms with Gasteiger partial charge in [0.15, 0.2) is 4.90 Å². The Morgan fingerprint density at radius 2 is 1.60 bits per heavy atom. The lowest BCUT2D eigenvalue weighted by molar-refractivity contribution is -0.116. The molecule has 3 aromatic carbocycles. The number of hydrogen-bond donors (Lipinski definition) is 1. The molecule has 30 heavy (non-hydrogen) atoms. The van der Waals surface area contributed by atoms with Crippen molar-refractivity contribution < 1.29 is 9.35 Å². The van der Waals surface area contributed by atoms with Crippen LogP contribution < -0.4 is 11.0 Å². The molecule has 1 aromatic heterocycles. The molecule has 4 rings (SSSR count). The van der Waals surface area contributed by atoms with Crippen molar-refractivity contribution in [1.82, 2.24) is 9.89 Å². The van der Waals surface area contributed by atoms with Crippen LogP contribution in [-0.2, 0) is 22.4 Å². The Labute approximate surface area is 180 Å². The van der Waals surface area contributed by atoms with Crippen LogP contribution in [0.15, 0.2) is 93.6 Å². The van der Waals surface area contributed by atoms with E-state index in [1.807, 2.05) is 6.07 Å². The van der Waals surface area contributed by atoms with Gasteiger partial charge in [-0.2, -0.15) is 0 Å². The minimum Gasteiger partial charge on any atom is -0.605 e. The lowest BCUT2D eigenvalue weighted by Crippen LogP contribution is -2.37. The van der Waals surface area contributed by atoms with E-state index in [0.29, 0.717) is 20.7 Å². The molecule has 1 heterocycles. The Balaban J connectivity index is 1.71. The van der Waals surface area contributed by atoms with Gasteiger partial charge in [0.1, 0.15) is 0 Å². The van der Waals surface area contributed by atoms with Gasteiger partial charge in [-0.3, -0.25) is 9.59 Å². The molecule has 0 saturated carbocycles. The molecule has 0 aliphatic rings. The summed E-state index contributed by atoms with van der Waals surface area (Å²) in [6.45, 7) is 0. The topological polar surface area (TPSA) is 87.1 Å². The molecule has 150 valence electrons. The van der Waals surface area contributed by atoms with Gasteiger partial charge < -0.3 is 4.55 Å². The highest BCUT2D eigenvalue weighted by molar-refractivity contribution is 7.91. The quantitative estimate of drug-likeness (QED) is 0.484. The Hall–Kier alpha value is -3.13. The van der Waals surface area contributed by atoms with E-state index in [2.05, 4.69) is 10.5 Å². The lowest BCUT2D eigenvalue weighted by atomic mass is 10.1. The van der Waals surface area contributed by atoms with Crippen LogP contribution in [0.25, 0.3) is 10.8 Å². The summed E-state index contributed by atoms with van der Waals surface area (Å²) in [5.41, 5.74) is 2.74. The predicted octanol–water partition coefficient (Wildman–Crippen LogP) is 3.53. The third kappa shape index (κ3) is 4.23. The molecular weight excluding hydrogens is 422 g/mol. The molecule has 0 saturated heterocycles. The van der Waals surface area contributed by atoms with Crippen molar-refractivity contribution in [2.24, 2.45) is 0 Å². The first-order chi connectivity index (χ1) is 14.5. The van der Waals surface area contributed by atoms with Crippen molar-refractivity contribution in [3.05, 3.63) is 99.8 Å². The van der Waals surface area contributed by atoms with Crippen molar-refractivity contribution in [3.63, 3.8) is 0 Å². The number of carbonyl (C=O) groups is 1. The van der Waals surface area contributed by atoms with Gasteiger partial charge in [-0.1, -0.05) is 59.2 Å². The lowest BCUT2D eigenvalue weighted by Gasteiger charge is -2.14. The fourth-order valence-corrected chi connectivity index (χ4v) is 4.26. The van der Waals surface area contributed by atoms with Crippen molar-refractivity contribution in [2.75, 3.05) is 5.43 Å². The summed E-state index contributed by atoms with van der Waals surface area (Å²) in [4.78, 5) is 26.7. The zero-order valence-corrected chi connectivity index (χ0v) is 17.2. The van der Waals surface area contributed by atoms with Crippen molar-refractivity contribution in [2.45, 2.75) is 16.3 Å². The SMILES string of the molecule is O=C(Cc1ccc(Cl)cc1)Nn1nc([S+]([O-])c2ccccc2)c2ccccc2c1=O. The number of nitrogens with zero attached hydrogens (tertiary/aromatic N) is 2.